The fourth-order valence-electron chi connectivity index (χ4n) is 4.35. The van der Waals surface area contributed by atoms with Gasteiger partial charge in [-0.1, -0.05) is 35.9 Å². The quantitative estimate of drug-likeness (QED) is 0.404. The Labute approximate surface area is 202 Å². The lowest BCUT2D eigenvalue weighted by Crippen LogP contribution is -2.36. The maximum absolute atomic E-state index is 13.6. The molecule has 1 aliphatic rings. The van der Waals surface area contributed by atoms with E-state index in [4.69, 9.17) is 16.3 Å². The minimum absolute atomic E-state index is 0.381. The van der Waals surface area contributed by atoms with E-state index in [9.17, 15) is 9.59 Å². The highest BCUT2D eigenvalue weighted by Crippen LogP contribution is 2.35. The monoisotopic (exact) mass is 490 g/mol. The summed E-state index contributed by atoms with van der Waals surface area (Å²) in [6.45, 7) is 2.92. The number of hydrogen-bond acceptors (Lipinski definition) is 6. The molecular weight excluding hydrogens is 472 g/mol. The number of anilines is 1. The molecule has 4 heterocycles. The Morgan fingerprint density at radius 1 is 1.03 bits per heavy atom. The van der Waals surface area contributed by atoms with Crippen molar-refractivity contribution < 1.29 is 4.74 Å². The number of H-pyrrole nitrogens is 1. The topological polar surface area (TPSA) is 80.2 Å². The molecule has 7 nitrogen and oxygen atoms in total. The summed E-state index contributed by atoms with van der Waals surface area (Å²) in [4.78, 5) is 36.9. The number of benzene rings is 2. The molecule has 0 saturated carbocycles. The molecule has 1 saturated heterocycles. The summed E-state index contributed by atoms with van der Waals surface area (Å²) in [5, 5.41) is 2.23. The molecule has 0 atom stereocenters. The number of hydrogen-bond donors (Lipinski definition) is 1. The van der Waals surface area contributed by atoms with Gasteiger partial charge >= 0.3 is 5.69 Å². The maximum Gasteiger partial charge on any atom is 0.333 e. The van der Waals surface area contributed by atoms with Crippen LogP contribution < -0.4 is 16.1 Å². The standard InChI is InChI=1S/C25H19ClN4O3S/c26-19-4-2-1-3-17(19)22-12-20-23(34-22)24(31)30(25(32)28-20)21-14-27-13-15-5-6-16(11-18(15)21)29-7-9-33-10-8-29/h1-6,11-14H,7-10H2,(H,28,32). The minimum atomic E-state index is -0.507. The molecule has 0 spiro atoms. The van der Waals surface area contributed by atoms with Gasteiger partial charge in [0.2, 0.25) is 0 Å². The largest absolute Gasteiger partial charge is 0.378 e. The van der Waals surface area contributed by atoms with E-state index in [1.54, 1.807) is 24.5 Å². The maximum atomic E-state index is 13.6. The first-order valence-corrected chi connectivity index (χ1v) is 12.0. The van der Waals surface area contributed by atoms with E-state index in [0.717, 1.165) is 40.0 Å². The number of pyridine rings is 1. The van der Waals surface area contributed by atoms with Crippen molar-refractivity contribution in [3.63, 3.8) is 0 Å². The number of rotatable bonds is 3. The van der Waals surface area contributed by atoms with E-state index in [-0.39, 0.29) is 5.56 Å². The van der Waals surface area contributed by atoms with Crippen LogP contribution in [0.1, 0.15) is 0 Å². The van der Waals surface area contributed by atoms with Gasteiger partial charge in [0.05, 0.1) is 30.6 Å². The van der Waals surface area contributed by atoms with E-state index < -0.39 is 5.69 Å². The number of thiophene rings is 1. The lowest BCUT2D eigenvalue weighted by Gasteiger charge is -2.29. The van der Waals surface area contributed by atoms with E-state index in [1.807, 2.05) is 36.4 Å². The molecule has 9 heteroatoms. The number of aromatic amines is 1. The molecule has 0 unspecified atom stereocenters. The molecule has 3 aromatic heterocycles. The predicted molar refractivity (Wildman–Crippen MR) is 137 cm³/mol. The van der Waals surface area contributed by atoms with Gasteiger partial charge in [-0.15, -0.1) is 11.3 Å². The zero-order valence-corrected chi connectivity index (χ0v) is 19.5. The van der Waals surface area contributed by atoms with E-state index in [1.165, 1.54) is 15.9 Å². The van der Waals surface area contributed by atoms with Crippen LogP contribution in [0.5, 0.6) is 0 Å². The van der Waals surface area contributed by atoms with Crippen LogP contribution in [-0.4, -0.2) is 40.8 Å². The van der Waals surface area contributed by atoms with Crippen LogP contribution in [-0.2, 0) is 4.74 Å². The van der Waals surface area contributed by atoms with Gasteiger partial charge in [-0.25, -0.2) is 9.36 Å². The van der Waals surface area contributed by atoms with Gasteiger partial charge in [0.15, 0.2) is 0 Å². The second-order valence-electron chi connectivity index (χ2n) is 8.07. The van der Waals surface area contributed by atoms with Gasteiger partial charge in [0.25, 0.3) is 5.56 Å². The van der Waals surface area contributed by atoms with Crippen LogP contribution in [0.3, 0.4) is 0 Å². The zero-order chi connectivity index (χ0) is 23.2. The number of nitrogens with one attached hydrogen (secondary N) is 1. The second-order valence-corrected chi connectivity index (χ2v) is 9.53. The number of halogens is 1. The summed E-state index contributed by atoms with van der Waals surface area (Å²) in [7, 11) is 0. The van der Waals surface area contributed by atoms with Gasteiger partial charge in [-0.05, 0) is 24.3 Å². The molecule has 34 heavy (non-hydrogen) atoms. The summed E-state index contributed by atoms with van der Waals surface area (Å²) in [5.74, 6) is 0. The molecule has 1 N–H and O–H groups in total. The average molecular weight is 491 g/mol. The summed E-state index contributed by atoms with van der Waals surface area (Å²) in [5.41, 5.74) is 1.90. The molecule has 170 valence electrons. The molecule has 0 aliphatic carbocycles. The van der Waals surface area contributed by atoms with Crippen molar-refractivity contribution in [3.05, 3.63) is 86.8 Å². The van der Waals surface area contributed by atoms with Crippen molar-refractivity contribution in [2.75, 3.05) is 31.2 Å². The Kier molecular flexibility index (Phi) is 5.21. The Morgan fingerprint density at radius 3 is 2.68 bits per heavy atom. The van der Waals surface area contributed by atoms with E-state index in [2.05, 4.69) is 14.9 Å². The Balaban J connectivity index is 1.54. The van der Waals surface area contributed by atoms with Gasteiger partial charge in [-0.2, -0.15) is 0 Å². The molecule has 1 fully saturated rings. The SMILES string of the molecule is O=c1[nH]c2cc(-c3ccccc3Cl)sc2c(=O)n1-c1cncc2ccc(N3CCOCC3)cc12. The van der Waals surface area contributed by atoms with Crippen molar-refractivity contribution in [3.8, 4) is 16.1 Å². The molecule has 6 rings (SSSR count). The molecule has 5 aromatic rings. The second kappa shape index (κ2) is 8.39. The Hall–Kier alpha value is -3.46. The van der Waals surface area contributed by atoms with Crippen LogP contribution in [0.2, 0.25) is 5.02 Å². The minimum Gasteiger partial charge on any atom is -0.378 e. The predicted octanol–water partition coefficient (Wildman–Crippen LogP) is 4.45. The molecule has 0 amide bonds. The number of fused-ring (bicyclic) bond motifs is 2. The molecule has 0 bridgehead atoms. The number of aromatic nitrogens is 3. The third-order valence-corrected chi connectivity index (χ3v) is 7.54. The van der Waals surface area contributed by atoms with Gasteiger partial charge in [-0.3, -0.25) is 9.78 Å². The van der Waals surface area contributed by atoms with E-state index >= 15 is 0 Å². The molecule has 1 aliphatic heterocycles. The van der Waals surface area contributed by atoms with Crippen LogP contribution in [0.15, 0.2) is 70.5 Å². The van der Waals surface area contributed by atoms with Crippen LogP contribution in [0.25, 0.3) is 37.1 Å². The summed E-state index contributed by atoms with van der Waals surface area (Å²) in [6, 6.07) is 15.2. The first-order valence-electron chi connectivity index (χ1n) is 10.8. The molecule has 0 radical (unpaired) electrons. The smallest absolute Gasteiger partial charge is 0.333 e. The first-order chi connectivity index (χ1) is 16.6. The van der Waals surface area contributed by atoms with Gasteiger partial charge in [0, 0.05) is 51.2 Å². The van der Waals surface area contributed by atoms with Gasteiger partial charge in [0.1, 0.15) is 4.70 Å². The van der Waals surface area contributed by atoms with Crippen LogP contribution >= 0.6 is 22.9 Å². The fourth-order valence-corrected chi connectivity index (χ4v) is 5.73. The fraction of sp³-hybridized carbons (Fsp3) is 0.160. The highest BCUT2D eigenvalue weighted by Gasteiger charge is 2.18. The van der Waals surface area contributed by atoms with Crippen molar-refractivity contribution >= 4 is 49.6 Å². The molecular formula is C25H19ClN4O3S. The van der Waals surface area contributed by atoms with Crippen molar-refractivity contribution in [2.45, 2.75) is 0 Å². The number of morpholine rings is 1. The Bertz CT molecular complexity index is 1670. The van der Waals surface area contributed by atoms with Gasteiger partial charge < -0.3 is 14.6 Å². The van der Waals surface area contributed by atoms with Crippen molar-refractivity contribution in [1.29, 1.82) is 0 Å². The third kappa shape index (κ3) is 3.51. The van der Waals surface area contributed by atoms with Crippen LogP contribution in [0, 0.1) is 0 Å². The van der Waals surface area contributed by atoms with E-state index in [0.29, 0.717) is 34.1 Å². The lowest BCUT2D eigenvalue weighted by atomic mass is 10.1. The average Bonchev–Trinajstić information content (AvgIpc) is 3.29. The number of nitrogens with zero attached hydrogens (tertiary/aromatic N) is 3. The highest BCUT2D eigenvalue weighted by atomic mass is 35.5. The lowest BCUT2D eigenvalue weighted by molar-refractivity contribution is 0.122. The first kappa shape index (κ1) is 21.1. The highest BCUT2D eigenvalue weighted by molar-refractivity contribution is 7.22. The van der Waals surface area contributed by atoms with Crippen LogP contribution in [0.4, 0.5) is 5.69 Å². The zero-order valence-electron chi connectivity index (χ0n) is 18.0. The summed E-state index contributed by atoms with van der Waals surface area (Å²) >= 11 is 7.67. The summed E-state index contributed by atoms with van der Waals surface area (Å²) in [6.07, 6.45) is 3.30. The Morgan fingerprint density at radius 2 is 1.85 bits per heavy atom. The molecule has 2 aromatic carbocycles. The van der Waals surface area contributed by atoms with Crippen molar-refractivity contribution in [2.24, 2.45) is 0 Å². The number of ether oxygens (including phenoxy) is 1. The summed E-state index contributed by atoms with van der Waals surface area (Å²) < 4.78 is 7.09. The third-order valence-electron chi connectivity index (χ3n) is 6.05. The normalized spacial score (nSPS) is 14.2. The van der Waals surface area contributed by atoms with Crippen molar-refractivity contribution in [1.82, 2.24) is 14.5 Å².